The molecule has 1 aromatic heterocycles. The maximum Gasteiger partial charge on any atom is 0.255 e. The van der Waals surface area contributed by atoms with Gasteiger partial charge in [-0.15, -0.1) is 0 Å². The van der Waals surface area contributed by atoms with Gasteiger partial charge in [0.05, 0.1) is 5.75 Å². The molecule has 2 heterocycles. The van der Waals surface area contributed by atoms with Crippen LogP contribution in [0, 0.1) is 0 Å². The van der Waals surface area contributed by atoms with Crippen LogP contribution in [0.1, 0.15) is 27.9 Å². The van der Waals surface area contributed by atoms with E-state index in [1.165, 1.54) is 4.90 Å². The number of fused-ring (bicyclic) bond motifs is 1. The molecule has 1 atom stereocenters. The minimum absolute atomic E-state index is 0.0530. The molecule has 0 saturated heterocycles. The largest absolute Gasteiger partial charge is 0.350 e. The van der Waals surface area contributed by atoms with Crippen LogP contribution in [0.4, 0.5) is 0 Å². The van der Waals surface area contributed by atoms with Gasteiger partial charge in [0, 0.05) is 37.3 Å². The minimum atomic E-state index is -3.26. The Labute approximate surface area is 158 Å². The normalized spacial score (nSPS) is 14.7. The highest BCUT2D eigenvalue weighted by Gasteiger charge is 2.36. The molecule has 2 amide bonds. The molecule has 1 N–H and O–H groups in total. The number of benzene rings is 1. The summed E-state index contributed by atoms with van der Waals surface area (Å²) in [6.07, 6.45) is 4.46. The summed E-state index contributed by atoms with van der Waals surface area (Å²) < 4.78 is 23.2. The first-order valence-corrected chi connectivity index (χ1v) is 10.6. The highest BCUT2D eigenvalue weighted by molar-refractivity contribution is 7.90. The Balaban J connectivity index is 1.77. The van der Waals surface area contributed by atoms with Gasteiger partial charge in [-0.05, 0) is 29.7 Å². The van der Waals surface area contributed by atoms with Gasteiger partial charge in [0.15, 0.2) is 0 Å². The van der Waals surface area contributed by atoms with Crippen molar-refractivity contribution >= 4 is 21.7 Å². The summed E-state index contributed by atoms with van der Waals surface area (Å²) in [6.45, 7) is 0.556. The number of amides is 2. The molecule has 1 aliphatic rings. The lowest BCUT2D eigenvalue weighted by Crippen LogP contribution is -2.47. The molecular formula is C19H21N3O4S. The van der Waals surface area contributed by atoms with Crippen molar-refractivity contribution < 1.29 is 18.0 Å². The average Bonchev–Trinajstić information content (AvgIpc) is 2.97. The maximum absolute atomic E-state index is 12.8. The lowest BCUT2D eigenvalue weighted by molar-refractivity contribution is -0.126. The van der Waals surface area contributed by atoms with E-state index in [0.717, 1.165) is 17.4 Å². The Morgan fingerprint density at radius 3 is 2.70 bits per heavy atom. The minimum Gasteiger partial charge on any atom is -0.350 e. The van der Waals surface area contributed by atoms with Crippen molar-refractivity contribution in [2.45, 2.75) is 25.6 Å². The van der Waals surface area contributed by atoms with Crippen molar-refractivity contribution in [3.05, 3.63) is 65.5 Å². The Morgan fingerprint density at radius 2 is 2.04 bits per heavy atom. The van der Waals surface area contributed by atoms with E-state index >= 15 is 0 Å². The van der Waals surface area contributed by atoms with E-state index in [1.807, 2.05) is 18.2 Å². The van der Waals surface area contributed by atoms with E-state index in [9.17, 15) is 18.0 Å². The summed E-state index contributed by atoms with van der Waals surface area (Å²) >= 11 is 0. The highest BCUT2D eigenvalue weighted by Crippen LogP contribution is 2.25. The van der Waals surface area contributed by atoms with E-state index in [4.69, 9.17) is 0 Å². The van der Waals surface area contributed by atoms with Crippen molar-refractivity contribution in [3.8, 4) is 0 Å². The number of hydrogen-bond acceptors (Lipinski definition) is 5. The number of pyridine rings is 1. The molecule has 0 fully saturated rings. The summed E-state index contributed by atoms with van der Waals surface area (Å²) in [7, 11) is -3.26. The summed E-state index contributed by atoms with van der Waals surface area (Å²) in [5, 5.41) is 2.79. The van der Waals surface area contributed by atoms with Gasteiger partial charge < -0.3 is 10.2 Å². The fourth-order valence-electron chi connectivity index (χ4n) is 3.09. The van der Waals surface area contributed by atoms with Crippen molar-refractivity contribution in [3.63, 3.8) is 0 Å². The smallest absolute Gasteiger partial charge is 0.255 e. The van der Waals surface area contributed by atoms with Gasteiger partial charge in [0.2, 0.25) is 5.91 Å². The average molecular weight is 387 g/mol. The number of rotatable bonds is 7. The van der Waals surface area contributed by atoms with E-state index in [-0.39, 0.29) is 30.5 Å². The van der Waals surface area contributed by atoms with E-state index < -0.39 is 15.9 Å². The molecule has 142 valence electrons. The molecule has 0 saturated carbocycles. The molecule has 3 rings (SSSR count). The monoisotopic (exact) mass is 387 g/mol. The lowest BCUT2D eigenvalue weighted by atomic mass is 10.1. The van der Waals surface area contributed by atoms with Crippen LogP contribution < -0.4 is 5.32 Å². The third kappa shape index (κ3) is 4.71. The zero-order chi connectivity index (χ0) is 19.4. The van der Waals surface area contributed by atoms with Gasteiger partial charge in [-0.3, -0.25) is 14.6 Å². The van der Waals surface area contributed by atoms with Crippen LogP contribution in [-0.4, -0.2) is 48.2 Å². The summed E-state index contributed by atoms with van der Waals surface area (Å²) in [5.74, 6) is -0.790. The number of nitrogens with zero attached hydrogens (tertiary/aromatic N) is 2. The Morgan fingerprint density at radius 1 is 1.26 bits per heavy atom. The van der Waals surface area contributed by atoms with Crippen LogP contribution in [0.25, 0.3) is 0 Å². The Hall–Kier alpha value is -2.74. The first kappa shape index (κ1) is 19.0. The van der Waals surface area contributed by atoms with Crippen LogP contribution in [0.15, 0.2) is 48.8 Å². The quantitative estimate of drug-likeness (QED) is 0.769. The van der Waals surface area contributed by atoms with Crippen LogP contribution in [0.5, 0.6) is 0 Å². The van der Waals surface area contributed by atoms with Crippen LogP contribution >= 0.6 is 0 Å². The molecule has 27 heavy (non-hydrogen) atoms. The number of carbonyl (C=O) groups excluding carboxylic acids is 2. The molecule has 2 aromatic rings. The lowest BCUT2D eigenvalue weighted by Gasteiger charge is -2.26. The van der Waals surface area contributed by atoms with Gasteiger partial charge in [0.25, 0.3) is 5.91 Å². The molecule has 8 heteroatoms. The maximum atomic E-state index is 12.8. The standard InChI is InChI=1S/C19H21N3O4S/c1-27(25,26)10-8-17(18(23)21-12-14-5-4-9-20-11-14)22-13-15-6-2-3-7-16(15)19(22)24/h2-7,9,11,17H,8,10,12-13H2,1H3,(H,21,23). The Kier molecular flexibility index (Phi) is 5.55. The summed E-state index contributed by atoms with van der Waals surface area (Å²) in [6, 6.07) is 9.92. The predicted octanol–water partition coefficient (Wildman–Crippen LogP) is 1.16. The van der Waals surface area contributed by atoms with Gasteiger partial charge in [0.1, 0.15) is 15.9 Å². The van der Waals surface area contributed by atoms with Gasteiger partial charge in [-0.2, -0.15) is 0 Å². The molecule has 0 spiro atoms. The third-order valence-corrected chi connectivity index (χ3v) is 5.46. The zero-order valence-corrected chi connectivity index (χ0v) is 15.8. The molecule has 0 aliphatic carbocycles. The zero-order valence-electron chi connectivity index (χ0n) is 15.0. The Bertz CT molecular complexity index is 944. The number of carbonyl (C=O) groups is 2. The third-order valence-electron chi connectivity index (χ3n) is 4.48. The predicted molar refractivity (Wildman–Crippen MR) is 101 cm³/mol. The SMILES string of the molecule is CS(=O)(=O)CCC(C(=O)NCc1cccnc1)N1Cc2ccccc2C1=O. The molecule has 1 unspecified atom stereocenters. The van der Waals surface area contributed by atoms with Crippen molar-refractivity contribution in [2.75, 3.05) is 12.0 Å². The van der Waals surface area contributed by atoms with Crippen molar-refractivity contribution in [1.29, 1.82) is 0 Å². The molecule has 7 nitrogen and oxygen atoms in total. The fraction of sp³-hybridized carbons (Fsp3) is 0.316. The van der Waals surface area contributed by atoms with Gasteiger partial charge in [-0.25, -0.2) is 8.42 Å². The fourth-order valence-corrected chi connectivity index (χ4v) is 3.74. The second-order valence-electron chi connectivity index (χ2n) is 6.60. The van der Waals surface area contributed by atoms with Crippen LogP contribution in [0.3, 0.4) is 0 Å². The number of hydrogen-bond donors (Lipinski definition) is 1. The molecule has 1 aliphatic heterocycles. The van der Waals surface area contributed by atoms with E-state index in [2.05, 4.69) is 10.3 Å². The topological polar surface area (TPSA) is 96.4 Å². The molecule has 0 radical (unpaired) electrons. The summed E-state index contributed by atoms with van der Waals surface area (Å²) in [4.78, 5) is 31.0. The first-order valence-electron chi connectivity index (χ1n) is 8.58. The number of sulfone groups is 1. The molecule has 0 bridgehead atoms. The number of nitrogens with one attached hydrogen (secondary N) is 1. The summed E-state index contributed by atoms with van der Waals surface area (Å²) in [5.41, 5.74) is 2.22. The van der Waals surface area contributed by atoms with Gasteiger partial charge in [-0.1, -0.05) is 24.3 Å². The van der Waals surface area contributed by atoms with Crippen molar-refractivity contribution in [1.82, 2.24) is 15.2 Å². The van der Waals surface area contributed by atoms with E-state index in [0.29, 0.717) is 12.1 Å². The van der Waals surface area contributed by atoms with Crippen LogP contribution in [0.2, 0.25) is 0 Å². The van der Waals surface area contributed by atoms with Crippen LogP contribution in [-0.2, 0) is 27.7 Å². The number of aromatic nitrogens is 1. The van der Waals surface area contributed by atoms with E-state index in [1.54, 1.807) is 30.6 Å². The second kappa shape index (κ2) is 7.87. The first-order chi connectivity index (χ1) is 12.8. The highest BCUT2D eigenvalue weighted by atomic mass is 32.2. The van der Waals surface area contributed by atoms with Gasteiger partial charge >= 0.3 is 0 Å². The van der Waals surface area contributed by atoms with Crippen molar-refractivity contribution in [2.24, 2.45) is 0 Å². The molecule has 1 aromatic carbocycles. The molecular weight excluding hydrogens is 366 g/mol. The second-order valence-corrected chi connectivity index (χ2v) is 8.86.